The van der Waals surface area contributed by atoms with Crippen LogP contribution >= 0.6 is 0 Å². The minimum Gasteiger partial charge on any atom is -0.325 e. The third-order valence-corrected chi connectivity index (χ3v) is 5.67. The van der Waals surface area contributed by atoms with E-state index in [0.29, 0.717) is 5.69 Å². The maximum Gasteiger partial charge on any atom is 0.221 e. The molecule has 27 heavy (non-hydrogen) atoms. The number of rotatable bonds is 4. The Kier molecular flexibility index (Phi) is 4.93. The Bertz CT molecular complexity index is 1110. The maximum atomic E-state index is 12.3. The highest BCUT2D eigenvalue weighted by atomic mass is 32.2. The van der Waals surface area contributed by atoms with Crippen LogP contribution in [0.3, 0.4) is 0 Å². The molecule has 0 bridgehead atoms. The van der Waals surface area contributed by atoms with Crippen LogP contribution in [0.25, 0.3) is 16.8 Å². The average Bonchev–Trinajstić information content (AvgIpc) is 2.95. The van der Waals surface area contributed by atoms with E-state index in [0.717, 1.165) is 28.1 Å². The average molecular weight is 382 g/mol. The molecule has 1 aromatic heterocycles. The van der Waals surface area contributed by atoms with Crippen molar-refractivity contribution in [3.63, 3.8) is 0 Å². The molecule has 0 saturated carbocycles. The molecule has 0 saturated heterocycles. The van der Waals surface area contributed by atoms with Gasteiger partial charge in [0.2, 0.25) is 5.91 Å². The summed E-state index contributed by atoms with van der Waals surface area (Å²) in [4.78, 5) is 11.7. The van der Waals surface area contributed by atoms with Crippen LogP contribution in [-0.2, 0) is 14.6 Å². The Morgan fingerprint density at radius 1 is 1.04 bits per heavy atom. The summed E-state index contributed by atoms with van der Waals surface area (Å²) in [7, 11) is -3.39. The van der Waals surface area contributed by atoms with Gasteiger partial charge in [-0.15, -0.1) is 0 Å². The number of nitrogens with one attached hydrogen (secondary N) is 1. The fraction of sp³-hybridized carbons (Fsp3) is 0.190. The van der Waals surface area contributed by atoms with Crippen molar-refractivity contribution in [1.82, 2.24) is 4.57 Å². The molecule has 3 aromatic rings. The van der Waals surface area contributed by atoms with Crippen molar-refractivity contribution in [2.75, 3.05) is 11.6 Å². The van der Waals surface area contributed by atoms with Gasteiger partial charge in [0.25, 0.3) is 0 Å². The number of nitrogens with zero attached hydrogens (tertiary/aromatic N) is 1. The molecular weight excluding hydrogens is 360 g/mol. The Morgan fingerprint density at radius 2 is 1.70 bits per heavy atom. The maximum absolute atomic E-state index is 12.3. The topological polar surface area (TPSA) is 68.2 Å². The zero-order valence-corrected chi connectivity index (χ0v) is 16.6. The molecule has 0 aliphatic rings. The quantitative estimate of drug-likeness (QED) is 0.738. The number of benzene rings is 2. The summed E-state index contributed by atoms with van der Waals surface area (Å²) in [6, 6.07) is 14.9. The van der Waals surface area contributed by atoms with Crippen molar-refractivity contribution in [3.05, 3.63) is 66.0 Å². The second kappa shape index (κ2) is 7.04. The van der Waals surface area contributed by atoms with E-state index in [4.69, 9.17) is 0 Å². The lowest BCUT2D eigenvalue weighted by Crippen LogP contribution is -2.08. The summed E-state index contributed by atoms with van der Waals surface area (Å²) in [6.07, 6.45) is 3.05. The van der Waals surface area contributed by atoms with Crippen molar-refractivity contribution in [2.45, 2.75) is 25.7 Å². The Labute approximate surface area is 159 Å². The van der Waals surface area contributed by atoms with Gasteiger partial charge in [0.15, 0.2) is 9.84 Å². The van der Waals surface area contributed by atoms with Crippen LogP contribution in [0.4, 0.5) is 5.69 Å². The van der Waals surface area contributed by atoms with Crippen LogP contribution in [0.5, 0.6) is 0 Å². The number of amides is 1. The van der Waals surface area contributed by atoms with E-state index in [1.165, 1.54) is 13.2 Å². The van der Waals surface area contributed by atoms with Crippen LogP contribution in [0.1, 0.15) is 18.2 Å². The molecule has 0 aliphatic heterocycles. The van der Waals surface area contributed by atoms with E-state index in [9.17, 15) is 13.2 Å². The van der Waals surface area contributed by atoms with Gasteiger partial charge in [-0.2, -0.15) is 0 Å². The summed E-state index contributed by atoms with van der Waals surface area (Å²) in [5.74, 6) is -0.151. The number of anilines is 1. The van der Waals surface area contributed by atoms with Crippen molar-refractivity contribution in [3.8, 4) is 16.8 Å². The first-order valence-electron chi connectivity index (χ1n) is 8.54. The molecular formula is C21H22N2O3S. The number of hydrogen-bond acceptors (Lipinski definition) is 3. The molecule has 0 spiro atoms. The number of aromatic nitrogens is 1. The van der Waals surface area contributed by atoms with Crippen LogP contribution in [0.2, 0.25) is 0 Å². The second-order valence-electron chi connectivity index (χ2n) is 6.62. The number of hydrogen-bond donors (Lipinski definition) is 1. The van der Waals surface area contributed by atoms with Gasteiger partial charge in [-0.3, -0.25) is 4.79 Å². The smallest absolute Gasteiger partial charge is 0.221 e. The van der Waals surface area contributed by atoms with Gasteiger partial charge in [-0.1, -0.05) is 30.3 Å². The first kappa shape index (κ1) is 18.9. The third-order valence-electron chi connectivity index (χ3n) is 4.58. The number of carbonyl (C=O) groups excluding carboxylic acids is 1. The van der Waals surface area contributed by atoms with E-state index < -0.39 is 9.84 Å². The zero-order valence-electron chi connectivity index (χ0n) is 15.8. The SMILES string of the molecule is CC(=O)Nc1ccn(-c2cc(S(C)(=O)=O)cc(-c3ccccc3)c2C)c1C. The fourth-order valence-electron chi connectivity index (χ4n) is 3.15. The van der Waals surface area contributed by atoms with E-state index >= 15 is 0 Å². The molecule has 0 aliphatic carbocycles. The van der Waals surface area contributed by atoms with Crippen LogP contribution in [-0.4, -0.2) is 25.1 Å². The van der Waals surface area contributed by atoms with Gasteiger partial charge in [0, 0.05) is 25.1 Å². The van der Waals surface area contributed by atoms with Crippen LogP contribution < -0.4 is 5.32 Å². The highest BCUT2D eigenvalue weighted by Crippen LogP contribution is 2.33. The number of sulfone groups is 1. The Hall–Kier alpha value is -2.86. The first-order chi connectivity index (χ1) is 12.7. The standard InChI is InChI=1S/C21H22N2O3S/c1-14-19(17-8-6-5-7-9-17)12-18(27(4,25)26)13-21(14)23-11-10-20(15(23)2)22-16(3)24/h5-13H,1-4H3,(H,22,24). The predicted molar refractivity (Wildman–Crippen MR) is 108 cm³/mol. The minimum absolute atomic E-state index is 0.151. The van der Waals surface area contributed by atoms with Gasteiger partial charge in [-0.25, -0.2) is 8.42 Å². The molecule has 3 rings (SSSR count). The Morgan fingerprint density at radius 3 is 2.30 bits per heavy atom. The van der Waals surface area contributed by atoms with E-state index in [1.807, 2.05) is 61.0 Å². The van der Waals surface area contributed by atoms with Gasteiger partial charge in [-0.05, 0) is 48.7 Å². The molecule has 5 nitrogen and oxygen atoms in total. The molecule has 6 heteroatoms. The van der Waals surface area contributed by atoms with Gasteiger partial charge in [0.05, 0.1) is 16.3 Å². The highest BCUT2D eigenvalue weighted by Gasteiger charge is 2.17. The lowest BCUT2D eigenvalue weighted by molar-refractivity contribution is -0.114. The number of carbonyl (C=O) groups is 1. The van der Waals surface area contributed by atoms with E-state index in [1.54, 1.807) is 12.1 Å². The van der Waals surface area contributed by atoms with Gasteiger partial charge < -0.3 is 9.88 Å². The van der Waals surface area contributed by atoms with Crippen LogP contribution in [0.15, 0.2) is 59.6 Å². The molecule has 0 atom stereocenters. The zero-order chi connectivity index (χ0) is 19.8. The van der Waals surface area contributed by atoms with E-state index in [2.05, 4.69) is 5.32 Å². The van der Waals surface area contributed by atoms with E-state index in [-0.39, 0.29) is 10.8 Å². The van der Waals surface area contributed by atoms with Crippen molar-refractivity contribution < 1.29 is 13.2 Å². The van der Waals surface area contributed by atoms with Crippen molar-refractivity contribution >= 4 is 21.4 Å². The lowest BCUT2D eigenvalue weighted by Gasteiger charge is -2.17. The predicted octanol–water partition coefficient (Wildman–Crippen LogP) is 4.12. The molecule has 2 aromatic carbocycles. The molecule has 140 valence electrons. The summed E-state index contributed by atoms with van der Waals surface area (Å²) in [5, 5.41) is 2.80. The van der Waals surface area contributed by atoms with Crippen molar-refractivity contribution in [1.29, 1.82) is 0 Å². The Balaban J connectivity index is 2.27. The highest BCUT2D eigenvalue weighted by molar-refractivity contribution is 7.90. The summed E-state index contributed by atoms with van der Waals surface area (Å²) in [6.45, 7) is 5.32. The summed E-state index contributed by atoms with van der Waals surface area (Å²) >= 11 is 0. The molecule has 1 heterocycles. The fourth-order valence-corrected chi connectivity index (χ4v) is 3.81. The minimum atomic E-state index is -3.39. The molecule has 1 amide bonds. The normalized spacial score (nSPS) is 11.4. The second-order valence-corrected chi connectivity index (χ2v) is 8.63. The monoisotopic (exact) mass is 382 g/mol. The van der Waals surface area contributed by atoms with Gasteiger partial charge >= 0.3 is 0 Å². The van der Waals surface area contributed by atoms with Crippen molar-refractivity contribution in [2.24, 2.45) is 0 Å². The summed E-state index contributed by atoms with van der Waals surface area (Å²) < 4.78 is 26.5. The van der Waals surface area contributed by atoms with Gasteiger partial charge in [0.1, 0.15) is 0 Å². The largest absolute Gasteiger partial charge is 0.325 e. The molecule has 0 fully saturated rings. The third kappa shape index (κ3) is 3.80. The first-order valence-corrected chi connectivity index (χ1v) is 10.4. The molecule has 0 radical (unpaired) electrons. The molecule has 0 unspecified atom stereocenters. The molecule has 1 N–H and O–H groups in total. The van der Waals surface area contributed by atoms with Crippen LogP contribution in [0, 0.1) is 13.8 Å². The summed E-state index contributed by atoms with van der Waals surface area (Å²) in [5.41, 5.74) is 5.08. The lowest BCUT2D eigenvalue weighted by atomic mass is 9.99.